The van der Waals surface area contributed by atoms with E-state index in [4.69, 9.17) is 4.18 Å². The van der Waals surface area contributed by atoms with Gasteiger partial charge in [0.1, 0.15) is 0 Å². The number of imidazole rings is 1. The number of aromatic nitrogens is 3. The maximum Gasteiger partial charge on any atom is 0.330 e. The molecular weight excluding hydrogens is 404 g/mol. The minimum absolute atomic E-state index is 0.0846. The lowest BCUT2D eigenvalue weighted by atomic mass is 9.97. The Morgan fingerprint density at radius 3 is 2.50 bits per heavy atom. The molecule has 0 amide bonds. The van der Waals surface area contributed by atoms with Crippen LogP contribution < -0.4 is 5.69 Å². The Morgan fingerprint density at radius 2 is 1.90 bits per heavy atom. The summed E-state index contributed by atoms with van der Waals surface area (Å²) in [7, 11) is -1.92. The minimum atomic E-state index is -3.59. The number of benzene rings is 1. The first kappa shape index (κ1) is 21.7. The van der Waals surface area contributed by atoms with Gasteiger partial charge in [-0.3, -0.25) is 13.3 Å². The van der Waals surface area contributed by atoms with Crippen molar-refractivity contribution in [2.24, 2.45) is 12.5 Å². The Hall–Kier alpha value is -2.96. The fourth-order valence-electron chi connectivity index (χ4n) is 3.22. The summed E-state index contributed by atoms with van der Waals surface area (Å²) in [6.45, 7) is 6.59. The van der Waals surface area contributed by atoms with E-state index in [0.717, 1.165) is 11.8 Å². The van der Waals surface area contributed by atoms with E-state index in [9.17, 15) is 18.5 Å². The van der Waals surface area contributed by atoms with E-state index in [2.05, 4.69) is 31.8 Å². The fraction of sp³-hybridized carbons (Fsp3) is 0.381. The van der Waals surface area contributed by atoms with Crippen LogP contribution in [0.5, 0.6) is 0 Å². The van der Waals surface area contributed by atoms with Crippen molar-refractivity contribution in [3.05, 3.63) is 51.9 Å². The standard InChI is InChI=1S/C21H24N4O4S/c1-21(2,3)13-25-18-9-8-17(23-19(18)24(4)20(25)26)16-10-14(6-7-15(16)11-22)12-29-30(5,27)28/h6-10H,12-13H2,1-5H3. The van der Waals surface area contributed by atoms with E-state index in [1.165, 1.54) is 4.57 Å². The molecule has 0 saturated carbocycles. The monoisotopic (exact) mass is 428 g/mol. The van der Waals surface area contributed by atoms with Crippen molar-refractivity contribution in [3.63, 3.8) is 0 Å². The van der Waals surface area contributed by atoms with Crippen molar-refractivity contribution in [2.75, 3.05) is 6.26 Å². The highest BCUT2D eigenvalue weighted by Crippen LogP contribution is 2.26. The highest BCUT2D eigenvalue weighted by Gasteiger charge is 2.19. The number of rotatable bonds is 5. The van der Waals surface area contributed by atoms with Crippen LogP contribution >= 0.6 is 0 Å². The van der Waals surface area contributed by atoms with E-state index in [1.807, 2.05) is 6.07 Å². The summed E-state index contributed by atoms with van der Waals surface area (Å²) in [5.41, 5.74) is 3.05. The van der Waals surface area contributed by atoms with Crippen LogP contribution in [0.25, 0.3) is 22.4 Å². The van der Waals surface area contributed by atoms with Crippen LogP contribution in [0, 0.1) is 16.7 Å². The molecule has 0 spiro atoms. The van der Waals surface area contributed by atoms with Crippen molar-refractivity contribution < 1.29 is 12.6 Å². The van der Waals surface area contributed by atoms with Gasteiger partial charge in [-0.2, -0.15) is 13.7 Å². The van der Waals surface area contributed by atoms with Crippen molar-refractivity contribution in [2.45, 2.75) is 33.9 Å². The number of hydrogen-bond donors (Lipinski definition) is 0. The molecule has 0 N–H and O–H groups in total. The molecule has 30 heavy (non-hydrogen) atoms. The van der Waals surface area contributed by atoms with Gasteiger partial charge in [-0.1, -0.05) is 26.8 Å². The lowest BCUT2D eigenvalue weighted by Crippen LogP contribution is -2.27. The van der Waals surface area contributed by atoms with Crippen molar-refractivity contribution in [1.82, 2.24) is 14.1 Å². The molecule has 0 saturated heterocycles. The molecule has 0 aliphatic rings. The van der Waals surface area contributed by atoms with E-state index in [-0.39, 0.29) is 17.7 Å². The molecule has 8 nitrogen and oxygen atoms in total. The molecule has 2 heterocycles. The number of nitrogens with zero attached hydrogens (tertiary/aromatic N) is 4. The van der Waals surface area contributed by atoms with Crippen LogP contribution in [0.4, 0.5) is 0 Å². The van der Waals surface area contributed by atoms with Gasteiger partial charge in [-0.25, -0.2) is 9.78 Å². The summed E-state index contributed by atoms with van der Waals surface area (Å²) < 4.78 is 30.6. The second-order valence-electron chi connectivity index (χ2n) is 8.49. The zero-order valence-electron chi connectivity index (χ0n) is 17.6. The molecule has 0 bridgehead atoms. The number of nitriles is 1. The third-order valence-electron chi connectivity index (χ3n) is 4.53. The average molecular weight is 429 g/mol. The number of pyridine rings is 1. The van der Waals surface area contributed by atoms with Gasteiger partial charge >= 0.3 is 5.69 Å². The van der Waals surface area contributed by atoms with Crippen LogP contribution in [0.2, 0.25) is 0 Å². The molecule has 158 valence electrons. The molecular formula is C21H24N4O4S. The third kappa shape index (κ3) is 4.61. The number of hydrogen-bond acceptors (Lipinski definition) is 6. The Balaban J connectivity index is 2.12. The van der Waals surface area contributed by atoms with Crippen LogP contribution in [0.3, 0.4) is 0 Å². The van der Waals surface area contributed by atoms with E-state index in [1.54, 1.807) is 35.9 Å². The smallest absolute Gasteiger partial charge is 0.290 e. The highest BCUT2D eigenvalue weighted by atomic mass is 32.2. The first-order chi connectivity index (χ1) is 13.9. The Bertz CT molecular complexity index is 1320. The molecule has 0 atom stereocenters. The first-order valence-electron chi connectivity index (χ1n) is 9.34. The highest BCUT2D eigenvalue weighted by molar-refractivity contribution is 7.85. The predicted molar refractivity (Wildman–Crippen MR) is 114 cm³/mol. The fourth-order valence-corrected chi connectivity index (χ4v) is 3.57. The topological polar surface area (TPSA) is 107 Å². The molecule has 0 unspecified atom stereocenters. The van der Waals surface area contributed by atoms with Gasteiger partial charge in [-0.05, 0) is 35.2 Å². The van der Waals surface area contributed by atoms with Crippen molar-refractivity contribution in [3.8, 4) is 17.3 Å². The van der Waals surface area contributed by atoms with Crippen LogP contribution in [0.1, 0.15) is 31.9 Å². The van der Waals surface area contributed by atoms with Gasteiger partial charge in [0.25, 0.3) is 10.1 Å². The summed E-state index contributed by atoms with van der Waals surface area (Å²) in [4.78, 5) is 17.4. The number of fused-ring (bicyclic) bond motifs is 1. The molecule has 9 heteroatoms. The second-order valence-corrected chi connectivity index (χ2v) is 10.1. The normalized spacial score (nSPS) is 12.3. The maximum absolute atomic E-state index is 12.7. The molecule has 0 fully saturated rings. The summed E-state index contributed by atoms with van der Waals surface area (Å²) in [6.07, 6.45) is 0.982. The van der Waals surface area contributed by atoms with Gasteiger partial charge in [0.2, 0.25) is 0 Å². The van der Waals surface area contributed by atoms with Crippen LogP contribution in [-0.4, -0.2) is 28.8 Å². The molecule has 2 aromatic heterocycles. The third-order valence-corrected chi connectivity index (χ3v) is 5.08. The molecule has 0 radical (unpaired) electrons. The molecule has 0 aliphatic carbocycles. The minimum Gasteiger partial charge on any atom is -0.290 e. The van der Waals surface area contributed by atoms with Gasteiger partial charge in [-0.15, -0.1) is 0 Å². The zero-order valence-corrected chi connectivity index (χ0v) is 18.4. The molecule has 3 rings (SSSR count). The van der Waals surface area contributed by atoms with Gasteiger partial charge in [0.05, 0.1) is 35.7 Å². The largest absolute Gasteiger partial charge is 0.330 e. The van der Waals surface area contributed by atoms with E-state index >= 15 is 0 Å². The van der Waals surface area contributed by atoms with Crippen molar-refractivity contribution in [1.29, 1.82) is 5.26 Å². The van der Waals surface area contributed by atoms with E-state index in [0.29, 0.717) is 34.6 Å². The Morgan fingerprint density at radius 1 is 1.20 bits per heavy atom. The van der Waals surface area contributed by atoms with Gasteiger partial charge in [0.15, 0.2) is 5.65 Å². The number of aryl methyl sites for hydroxylation is 1. The van der Waals surface area contributed by atoms with Crippen LogP contribution in [0.15, 0.2) is 35.1 Å². The SMILES string of the molecule is Cn1c(=O)n(CC(C)(C)C)c2ccc(-c3cc(COS(C)(=O)=O)ccc3C#N)nc21. The molecule has 0 aliphatic heterocycles. The molecule has 3 aromatic rings. The van der Waals surface area contributed by atoms with E-state index < -0.39 is 10.1 Å². The predicted octanol–water partition coefficient (Wildman–Crippen LogP) is 2.80. The maximum atomic E-state index is 12.7. The Labute approximate surface area is 175 Å². The second kappa shape index (κ2) is 7.70. The Kier molecular flexibility index (Phi) is 5.58. The summed E-state index contributed by atoms with van der Waals surface area (Å²) in [6, 6.07) is 10.6. The van der Waals surface area contributed by atoms with Gasteiger partial charge < -0.3 is 0 Å². The summed E-state index contributed by atoms with van der Waals surface area (Å²) in [5, 5.41) is 9.51. The first-order valence-corrected chi connectivity index (χ1v) is 11.2. The average Bonchev–Trinajstić information content (AvgIpc) is 2.89. The van der Waals surface area contributed by atoms with Crippen molar-refractivity contribution >= 4 is 21.3 Å². The lowest BCUT2D eigenvalue weighted by molar-refractivity contribution is 0.312. The van der Waals surface area contributed by atoms with Gasteiger partial charge in [0, 0.05) is 19.2 Å². The van der Waals surface area contributed by atoms with Crippen LogP contribution in [-0.2, 0) is 34.5 Å². The zero-order chi connectivity index (χ0) is 22.3. The quantitative estimate of drug-likeness (QED) is 0.579. The summed E-state index contributed by atoms with van der Waals surface area (Å²) >= 11 is 0. The summed E-state index contributed by atoms with van der Waals surface area (Å²) in [5.74, 6) is 0. The lowest BCUT2D eigenvalue weighted by Gasteiger charge is -2.18. The molecule has 1 aromatic carbocycles.